The summed E-state index contributed by atoms with van der Waals surface area (Å²) >= 11 is 0. The first-order valence-corrected chi connectivity index (χ1v) is 10.6. The lowest BCUT2D eigenvalue weighted by Crippen LogP contribution is -2.63. The van der Waals surface area contributed by atoms with Crippen molar-refractivity contribution in [1.29, 1.82) is 0 Å². The van der Waals surface area contributed by atoms with Gasteiger partial charge in [-0.1, -0.05) is 19.4 Å². The third kappa shape index (κ3) is 2.63. The molecule has 0 radical (unpaired) electrons. The lowest BCUT2D eigenvalue weighted by atomic mass is 9.45. The Hall–Kier alpha value is -1.57. The largest absolute Gasteiger partial charge is 0.479 e. The van der Waals surface area contributed by atoms with Gasteiger partial charge in [-0.2, -0.15) is 0 Å². The van der Waals surface area contributed by atoms with Gasteiger partial charge in [0.2, 0.25) is 11.9 Å². The van der Waals surface area contributed by atoms with Crippen LogP contribution in [0.25, 0.3) is 0 Å². The van der Waals surface area contributed by atoms with Crippen molar-refractivity contribution in [2.75, 3.05) is 0 Å². The van der Waals surface area contributed by atoms with Crippen LogP contribution < -0.4 is 0 Å². The van der Waals surface area contributed by atoms with Gasteiger partial charge in [0.15, 0.2) is 5.78 Å². The molecule has 0 bridgehead atoms. The number of carboxylic acids is 1. The number of Topliss-reactive ketones (excluding diaryl/α,β-unsaturated/α-hetero) is 1. The molecule has 4 aliphatic carbocycles. The summed E-state index contributed by atoms with van der Waals surface area (Å²) in [6.07, 6.45) is 2.19. The molecule has 1 unspecified atom stereocenters. The van der Waals surface area contributed by atoms with Crippen LogP contribution >= 0.6 is 0 Å². The Morgan fingerprint density at radius 3 is 2.52 bits per heavy atom. The van der Waals surface area contributed by atoms with E-state index in [1.807, 2.05) is 0 Å². The zero-order valence-electron chi connectivity index (χ0n) is 16.9. The molecule has 4 aliphatic rings. The maximum atomic E-state index is 12.8. The zero-order valence-corrected chi connectivity index (χ0v) is 16.9. The summed E-state index contributed by atoms with van der Waals surface area (Å²) in [5.41, 5.74) is -2.14. The van der Waals surface area contributed by atoms with Gasteiger partial charge in [0.1, 0.15) is 5.60 Å². The van der Waals surface area contributed by atoms with Crippen molar-refractivity contribution in [3.63, 3.8) is 0 Å². The molecule has 8 atom stereocenters. The van der Waals surface area contributed by atoms with Crippen LogP contribution in [0.3, 0.4) is 0 Å². The number of allylic oxidation sites excluding steroid dienone is 1. The summed E-state index contributed by atoms with van der Waals surface area (Å²) < 4.78 is 0. The first-order valence-electron chi connectivity index (χ1n) is 10.6. The average molecular weight is 406 g/mol. The summed E-state index contributed by atoms with van der Waals surface area (Å²) in [6, 6.07) is 0. The minimum absolute atomic E-state index is 0.0538. The van der Waals surface area contributed by atoms with Crippen molar-refractivity contribution >= 4 is 17.5 Å². The molecule has 0 aromatic rings. The zero-order chi connectivity index (χ0) is 21.4. The molecule has 3 fully saturated rings. The van der Waals surface area contributed by atoms with E-state index in [-0.39, 0.29) is 41.8 Å². The van der Waals surface area contributed by atoms with Gasteiger partial charge in [-0.25, -0.2) is 4.79 Å². The van der Waals surface area contributed by atoms with Crippen molar-refractivity contribution in [3.8, 4) is 0 Å². The Morgan fingerprint density at radius 1 is 1.17 bits per heavy atom. The van der Waals surface area contributed by atoms with Crippen molar-refractivity contribution in [1.82, 2.24) is 0 Å². The highest BCUT2D eigenvalue weighted by Crippen LogP contribution is 2.67. The Morgan fingerprint density at radius 2 is 1.86 bits per heavy atom. The van der Waals surface area contributed by atoms with Gasteiger partial charge in [0.05, 0.1) is 6.10 Å². The van der Waals surface area contributed by atoms with Gasteiger partial charge in [0.25, 0.3) is 0 Å². The highest BCUT2D eigenvalue weighted by atomic mass is 16.4. The number of ketones is 2. The van der Waals surface area contributed by atoms with Crippen molar-refractivity contribution in [3.05, 3.63) is 11.6 Å². The molecule has 0 amide bonds. The maximum absolute atomic E-state index is 12.8. The molecule has 0 aliphatic heterocycles. The summed E-state index contributed by atoms with van der Waals surface area (Å²) in [4.78, 5) is 35.8. The summed E-state index contributed by atoms with van der Waals surface area (Å²) in [5, 5.41) is 41.5. The molecule has 0 aromatic carbocycles. The number of aliphatic hydroxyl groups is 3. The number of carbonyl (C=O) groups excluding carboxylic acids is 2. The molecule has 7 heteroatoms. The lowest BCUT2D eigenvalue weighted by molar-refractivity contribution is -0.188. The number of fused-ring (bicyclic) bond motifs is 5. The van der Waals surface area contributed by atoms with Crippen molar-refractivity contribution in [2.24, 2.45) is 28.6 Å². The quantitative estimate of drug-likeness (QED) is 0.518. The van der Waals surface area contributed by atoms with Crippen molar-refractivity contribution < 1.29 is 34.8 Å². The van der Waals surface area contributed by atoms with E-state index in [1.54, 1.807) is 13.0 Å². The Balaban J connectivity index is 1.71. The first-order chi connectivity index (χ1) is 13.5. The van der Waals surface area contributed by atoms with Crippen LogP contribution in [-0.2, 0) is 14.4 Å². The standard InChI is InChI=1S/C22H30O7/c1-20-7-5-12(23)9-11(20)3-4-13-14-6-8-22(29,18(26)17(25)19(27)28)21(14,2)10-15(24)16(13)20/h9,13-17,24-25,29H,3-8,10H2,1-2H3,(H,27,28)/t13-,14-,15-,16+,17?,20-,21-,22-/m0/s1. The van der Waals surface area contributed by atoms with Gasteiger partial charge < -0.3 is 20.4 Å². The molecule has 0 aromatic heterocycles. The Labute approximate surface area is 169 Å². The van der Waals surface area contributed by atoms with Crippen LogP contribution in [0.5, 0.6) is 0 Å². The van der Waals surface area contributed by atoms with Gasteiger partial charge in [-0.05, 0) is 67.8 Å². The van der Waals surface area contributed by atoms with E-state index in [9.17, 15) is 29.7 Å². The summed E-state index contributed by atoms with van der Waals surface area (Å²) in [7, 11) is 0. The van der Waals surface area contributed by atoms with Crippen LogP contribution in [0.1, 0.15) is 58.8 Å². The Bertz CT molecular complexity index is 803. The van der Waals surface area contributed by atoms with Gasteiger partial charge in [-0.15, -0.1) is 0 Å². The van der Waals surface area contributed by atoms with Gasteiger partial charge >= 0.3 is 5.97 Å². The van der Waals surface area contributed by atoms with Crippen LogP contribution in [0.2, 0.25) is 0 Å². The molecular weight excluding hydrogens is 376 g/mol. The minimum atomic E-state index is -2.27. The molecular formula is C22H30O7. The third-order valence-electron chi connectivity index (χ3n) is 8.94. The van der Waals surface area contributed by atoms with Crippen LogP contribution in [0.4, 0.5) is 0 Å². The topological polar surface area (TPSA) is 132 Å². The van der Waals surface area contributed by atoms with Gasteiger partial charge in [0, 0.05) is 11.8 Å². The first kappa shape index (κ1) is 20.7. The molecule has 7 nitrogen and oxygen atoms in total. The molecule has 29 heavy (non-hydrogen) atoms. The Kier molecular flexibility index (Phi) is 4.61. The van der Waals surface area contributed by atoms with E-state index in [0.29, 0.717) is 19.3 Å². The van der Waals surface area contributed by atoms with Crippen LogP contribution in [0.15, 0.2) is 11.6 Å². The number of carboxylic acid groups (broad SMARTS) is 1. The fourth-order valence-electron chi connectivity index (χ4n) is 7.44. The van der Waals surface area contributed by atoms with E-state index in [4.69, 9.17) is 5.11 Å². The fourth-order valence-corrected chi connectivity index (χ4v) is 7.44. The van der Waals surface area contributed by atoms with E-state index >= 15 is 0 Å². The average Bonchev–Trinajstić information content (AvgIpc) is 2.92. The third-order valence-corrected chi connectivity index (χ3v) is 8.94. The number of aliphatic hydroxyl groups excluding tert-OH is 2. The normalized spacial score (nSPS) is 47.5. The molecule has 3 saturated carbocycles. The van der Waals surface area contributed by atoms with E-state index < -0.39 is 35.0 Å². The smallest absolute Gasteiger partial charge is 0.340 e. The number of hydrogen-bond acceptors (Lipinski definition) is 6. The highest BCUT2D eigenvalue weighted by molar-refractivity contribution is 6.05. The molecule has 160 valence electrons. The number of rotatable bonds is 3. The summed E-state index contributed by atoms with van der Waals surface area (Å²) in [5.74, 6) is -2.65. The monoisotopic (exact) mass is 406 g/mol. The fraction of sp³-hybridized carbons (Fsp3) is 0.773. The van der Waals surface area contributed by atoms with Crippen LogP contribution in [0, 0.1) is 28.6 Å². The minimum Gasteiger partial charge on any atom is -0.479 e. The SMILES string of the molecule is C[C@]12CCC(=O)C=C1CC[C@@H]1[C@@H]2[C@@H](O)C[C@@]2(C)[C@H]1CC[C@]2(O)C(=O)C(O)C(=O)O. The number of aliphatic carboxylic acids is 1. The molecule has 0 heterocycles. The van der Waals surface area contributed by atoms with E-state index in [1.165, 1.54) is 0 Å². The highest BCUT2D eigenvalue weighted by Gasteiger charge is 2.69. The second-order valence-corrected chi connectivity index (χ2v) is 10.1. The molecule has 0 saturated heterocycles. The summed E-state index contributed by atoms with van der Waals surface area (Å²) in [6.45, 7) is 3.88. The molecule has 0 spiro atoms. The van der Waals surface area contributed by atoms with Crippen molar-refractivity contribution in [2.45, 2.75) is 76.6 Å². The predicted octanol–water partition coefficient (Wildman–Crippen LogP) is 1.23. The molecule has 4 N–H and O–H groups in total. The maximum Gasteiger partial charge on any atom is 0.340 e. The number of carbonyl (C=O) groups is 3. The van der Waals surface area contributed by atoms with E-state index in [2.05, 4.69) is 6.92 Å². The predicted molar refractivity (Wildman–Crippen MR) is 102 cm³/mol. The second kappa shape index (κ2) is 6.46. The lowest BCUT2D eigenvalue weighted by Gasteiger charge is -2.60. The number of hydrogen-bond donors (Lipinski definition) is 4. The van der Waals surface area contributed by atoms with E-state index in [0.717, 1.165) is 18.4 Å². The van der Waals surface area contributed by atoms with Gasteiger partial charge in [-0.3, -0.25) is 9.59 Å². The second-order valence-electron chi connectivity index (χ2n) is 10.1. The molecule has 4 rings (SSSR count). The van der Waals surface area contributed by atoms with Crippen LogP contribution in [-0.4, -0.2) is 55.8 Å².